The van der Waals surface area contributed by atoms with E-state index >= 15 is 0 Å². The van der Waals surface area contributed by atoms with E-state index in [1.165, 1.54) is 11.8 Å². The summed E-state index contributed by atoms with van der Waals surface area (Å²) in [6.07, 6.45) is 1.51. The highest BCUT2D eigenvalue weighted by molar-refractivity contribution is 7.99. The number of esters is 1. The van der Waals surface area contributed by atoms with Gasteiger partial charge in [-0.05, 0) is 44.2 Å². The second kappa shape index (κ2) is 10.4. The van der Waals surface area contributed by atoms with Crippen LogP contribution in [0.15, 0.2) is 76.8 Å². The summed E-state index contributed by atoms with van der Waals surface area (Å²) in [6, 6.07) is 16.3. The number of thioether (sulfide) groups is 1. The normalized spacial score (nSPS) is 11.0. The number of ether oxygens (including phenoxy) is 1. The van der Waals surface area contributed by atoms with Crippen molar-refractivity contribution in [3.8, 4) is 11.6 Å². The number of amides is 1. The maximum absolute atomic E-state index is 12.6. The molecule has 0 saturated carbocycles. The fourth-order valence-electron chi connectivity index (χ4n) is 3.30. The molecule has 2 aromatic carbocycles. The molecular weight excluding hydrogens is 452 g/mol. The van der Waals surface area contributed by atoms with Crippen molar-refractivity contribution in [3.63, 3.8) is 0 Å². The lowest BCUT2D eigenvalue weighted by Gasteiger charge is -2.10. The number of carbonyl (C=O) groups is 2. The Morgan fingerprint density at radius 3 is 2.76 bits per heavy atom. The topological polar surface area (TPSA) is 99.2 Å². The average molecular weight is 477 g/mol. The number of furan rings is 1. The zero-order valence-corrected chi connectivity index (χ0v) is 19.7. The summed E-state index contributed by atoms with van der Waals surface area (Å²) in [4.78, 5) is 24.7. The van der Waals surface area contributed by atoms with Crippen LogP contribution in [-0.2, 0) is 16.1 Å². The van der Waals surface area contributed by atoms with Gasteiger partial charge in [-0.3, -0.25) is 9.36 Å². The zero-order valence-electron chi connectivity index (χ0n) is 18.9. The maximum atomic E-state index is 12.6. The molecule has 2 aromatic heterocycles. The third-order valence-corrected chi connectivity index (χ3v) is 5.70. The molecule has 9 heteroatoms. The van der Waals surface area contributed by atoms with Gasteiger partial charge in [0.1, 0.15) is 5.58 Å². The third-order valence-electron chi connectivity index (χ3n) is 4.73. The van der Waals surface area contributed by atoms with Crippen LogP contribution in [-0.4, -0.2) is 38.5 Å². The van der Waals surface area contributed by atoms with Crippen LogP contribution in [0.2, 0.25) is 0 Å². The number of aromatic nitrogens is 3. The van der Waals surface area contributed by atoms with Gasteiger partial charge in [0.25, 0.3) is 0 Å². The predicted octanol–water partition coefficient (Wildman–Crippen LogP) is 5.17. The van der Waals surface area contributed by atoms with Gasteiger partial charge >= 0.3 is 5.97 Å². The number of para-hydroxylation sites is 1. The third kappa shape index (κ3) is 5.37. The first-order valence-electron chi connectivity index (χ1n) is 10.7. The van der Waals surface area contributed by atoms with Crippen LogP contribution in [0, 0.1) is 0 Å². The molecule has 0 fully saturated rings. The van der Waals surface area contributed by atoms with E-state index < -0.39 is 5.97 Å². The summed E-state index contributed by atoms with van der Waals surface area (Å²) in [5.41, 5.74) is 1.65. The van der Waals surface area contributed by atoms with E-state index in [1.807, 2.05) is 34.9 Å². The molecule has 4 aromatic rings. The lowest BCUT2D eigenvalue weighted by Crippen LogP contribution is -2.16. The largest absolute Gasteiger partial charge is 0.459 e. The van der Waals surface area contributed by atoms with Crippen molar-refractivity contribution < 1.29 is 18.7 Å². The molecule has 0 unspecified atom stereocenters. The number of nitrogens with one attached hydrogen (secondary N) is 1. The second-order valence-electron chi connectivity index (χ2n) is 7.73. The van der Waals surface area contributed by atoms with Crippen LogP contribution in [0.25, 0.3) is 22.6 Å². The van der Waals surface area contributed by atoms with Gasteiger partial charge in [-0.15, -0.1) is 16.8 Å². The second-order valence-corrected chi connectivity index (χ2v) is 8.67. The van der Waals surface area contributed by atoms with Crippen molar-refractivity contribution in [3.05, 3.63) is 72.8 Å². The smallest absolute Gasteiger partial charge is 0.338 e. The Hall–Kier alpha value is -3.85. The number of benzene rings is 2. The highest BCUT2D eigenvalue weighted by Gasteiger charge is 2.18. The van der Waals surface area contributed by atoms with E-state index in [9.17, 15) is 9.59 Å². The van der Waals surface area contributed by atoms with Crippen molar-refractivity contribution in [2.24, 2.45) is 0 Å². The first kappa shape index (κ1) is 23.3. The summed E-state index contributed by atoms with van der Waals surface area (Å²) >= 11 is 1.25. The quantitative estimate of drug-likeness (QED) is 0.202. The van der Waals surface area contributed by atoms with Crippen molar-refractivity contribution >= 4 is 40.3 Å². The van der Waals surface area contributed by atoms with Crippen molar-refractivity contribution in [1.82, 2.24) is 14.8 Å². The molecule has 174 valence electrons. The predicted molar refractivity (Wildman–Crippen MR) is 132 cm³/mol. The van der Waals surface area contributed by atoms with Gasteiger partial charge in [-0.1, -0.05) is 42.1 Å². The molecule has 2 heterocycles. The van der Waals surface area contributed by atoms with Gasteiger partial charge in [0.2, 0.25) is 11.7 Å². The van der Waals surface area contributed by atoms with Crippen LogP contribution in [0.1, 0.15) is 24.2 Å². The summed E-state index contributed by atoms with van der Waals surface area (Å²) in [5.74, 6) is 0.594. The maximum Gasteiger partial charge on any atom is 0.338 e. The lowest BCUT2D eigenvalue weighted by atomic mass is 10.2. The molecule has 8 nitrogen and oxygen atoms in total. The molecule has 34 heavy (non-hydrogen) atoms. The van der Waals surface area contributed by atoms with E-state index in [1.54, 1.807) is 44.2 Å². The Bertz CT molecular complexity index is 1310. The number of carbonyl (C=O) groups excluding carboxylic acids is 2. The summed E-state index contributed by atoms with van der Waals surface area (Å²) in [7, 11) is 0. The van der Waals surface area contributed by atoms with Crippen LogP contribution in [0.4, 0.5) is 5.69 Å². The van der Waals surface area contributed by atoms with Crippen molar-refractivity contribution in [2.75, 3.05) is 11.1 Å². The van der Waals surface area contributed by atoms with Crippen LogP contribution in [0.5, 0.6) is 0 Å². The monoisotopic (exact) mass is 476 g/mol. The first-order chi connectivity index (χ1) is 16.4. The average Bonchev–Trinajstić information content (AvgIpc) is 3.41. The number of fused-ring (bicyclic) bond motifs is 1. The molecule has 0 atom stereocenters. The molecule has 0 spiro atoms. The van der Waals surface area contributed by atoms with Crippen LogP contribution < -0.4 is 5.32 Å². The van der Waals surface area contributed by atoms with Gasteiger partial charge in [-0.2, -0.15) is 0 Å². The molecule has 0 aliphatic heterocycles. The molecule has 4 rings (SSSR count). The van der Waals surface area contributed by atoms with Gasteiger partial charge in [-0.25, -0.2) is 4.79 Å². The zero-order chi connectivity index (χ0) is 24.1. The first-order valence-corrected chi connectivity index (χ1v) is 11.7. The lowest BCUT2D eigenvalue weighted by molar-refractivity contribution is -0.113. The molecule has 0 saturated heterocycles. The Kier molecular flexibility index (Phi) is 7.12. The summed E-state index contributed by atoms with van der Waals surface area (Å²) < 4.78 is 13.0. The van der Waals surface area contributed by atoms with E-state index in [-0.39, 0.29) is 17.8 Å². The molecule has 0 aliphatic carbocycles. The molecular formula is C25H24N4O4S. The number of hydrogen-bond acceptors (Lipinski definition) is 7. The molecule has 0 aliphatic rings. The molecule has 1 amide bonds. The van der Waals surface area contributed by atoms with Gasteiger partial charge in [0, 0.05) is 17.6 Å². The summed E-state index contributed by atoms with van der Waals surface area (Å²) in [6.45, 7) is 7.84. The number of nitrogens with zero attached hydrogens (tertiary/aromatic N) is 3. The molecule has 1 N–H and O–H groups in total. The number of hydrogen-bond donors (Lipinski definition) is 1. The van der Waals surface area contributed by atoms with Crippen molar-refractivity contribution in [1.29, 1.82) is 0 Å². The minimum Gasteiger partial charge on any atom is -0.459 e. The molecule has 0 bridgehead atoms. The molecule has 0 radical (unpaired) electrons. The van der Waals surface area contributed by atoms with Gasteiger partial charge in [0.15, 0.2) is 10.9 Å². The minimum atomic E-state index is -0.434. The highest BCUT2D eigenvalue weighted by Crippen LogP contribution is 2.29. The van der Waals surface area contributed by atoms with E-state index in [0.717, 1.165) is 11.0 Å². The standard InChI is InChI=1S/C25H24N4O4S/c1-4-12-29-23(21-14-17-8-5-6-11-20(17)33-21)27-28-25(29)34-15-22(30)26-19-10-7-9-18(13-19)24(31)32-16(2)3/h4-11,13-14,16H,1,12,15H2,2-3H3,(H,26,30). The van der Waals surface area contributed by atoms with E-state index in [2.05, 4.69) is 22.1 Å². The Morgan fingerprint density at radius 1 is 1.18 bits per heavy atom. The van der Waals surface area contributed by atoms with Crippen LogP contribution >= 0.6 is 11.8 Å². The van der Waals surface area contributed by atoms with E-state index in [4.69, 9.17) is 9.15 Å². The fraction of sp³-hybridized carbons (Fsp3) is 0.200. The van der Waals surface area contributed by atoms with Gasteiger partial charge < -0.3 is 14.5 Å². The Balaban J connectivity index is 1.45. The minimum absolute atomic E-state index is 0.107. The van der Waals surface area contributed by atoms with Crippen molar-refractivity contribution in [2.45, 2.75) is 31.7 Å². The van der Waals surface area contributed by atoms with E-state index in [0.29, 0.717) is 34.5 Å². The number of anilines is 1. The Labute approximate surface area is 201 Å². The Morgan fingerprint density at radius 2 is 2.00 bits per heavy atom. The van der Waals surface area contributed by atoms with Crippen LogP contribution in [0.3, 0.4) is 0 Å². The van der Waals surface area contributed by atoms with Gasteiger partial charge in [0.05, 0.1) is 17.4 Å². The summed E-state index contributed by atoms with van der Waals surface area (Å²) in [5, 5.41) is 12.9. The SMILES string of the molecule is C=CCn1c(SCC(=O)Nc2cccc(C(=O)OC(C)C)c2)nnc1-c1cc2ccccc2o1. The highest BCUT2D eigenvalue weighted by atomic mass is 32.2. The fourth-order valence-corrected chi connectivity index (χ4v) is 4.04. The number of rotatable bonds is 9. The number of allylic oxidation sites excluding steroid dienone is 1.